The van der Waals surface area contributed by atoms with Crippen molar-refractivity contribution >= 4 is 31.3 Å². The smallest absolute Gasteiger partial charge is 0.193 e. The minimum absolute atomic E-state index is 0.235. The standard InChI is InChI=1S/C19H37NOSi3/c1-10-20(23(6,7)17-15-13-12-14-16-17)18(22-11-2)21-24(8,9)19(3,4)5/h11-16,18H,2,10,22H2,1,3-9H3. The molecule has 0 spiro atoms. The molecule has 0 N–H and O–H groups in total. The maximum absolute atomic E-state index is 6.89. The van der Waals surface area contributed by atoms with Crippen LogP contribution < -0.4 is 5.19 Å². The molecule has 5 heteroatoms. The van der Waals surface area contributed by atoms with Gasteiger partial charge in [-0.1, -0.05) is 71.1 Å². The van der Waals surface area contributed by atoms with Gasteiger partial charge in [-0.2, -0.15) is 0 Å². The van der Waals surface area contributed by atoms with Crippen LogP contribution in [0.2, 0.25) is 31.2 Å². The number of hydrogen-bond acceptors (Lipinski definition) is 2. The number of hydrogen-bond donors (Lipinski definition) is 0. The normalized spacial score (nSPS) is 15.2. The molecule has 0 bridgehead atoms. The summed E-state index contributed by atoms with van der Waals surface area (Å²) in [5.41, 5.74) is 2.15. The lowest BCUT2D eigenvalue weighted by molar-refractivity contribution is 0.139. The highest BCUT2D eigenvalue weighted by molar-refractivity contribution is 6.88. The summed E-state index contributed by atoms with van der Waals surface area (Å²) in [5.74, 6) is 0.260. The SMILES string of the molecule is C=C[SiH2]C(O[Si](C)(C)C(C)(C)C)N(CC)[Si](C)(C)c1ccccc1. The van der Waals surface area contributed by atoms with Gasteiger partial charge in [-0.15, -0.1) is 12.3 Å². The van der Waals surface area contributed by atoms with Gasteiger partial charge in [-0.3, -0.25) is 0 Å². The molecule has 136 valence electrons. The first-order valence-corrected chi connectivity index (χ1v) is 16.6. The summed E-state index contributed by atoms with van der Waals surface area (Å²) >= 11 is 0. The van der Waals surface area contributed by atoms with E-state index in [1.165, 1.54) is 5.19 Å². The van der Waals surface area contributed by atoms with Gasteiger partial charge in [0.2, 0.25) is 0 Å². The summed E-state index contributed by atoms with van der Waals surface area (Å²) in [6, 6.07) is 11.0. The molecule has 0 aliphatic carbocycles. The molecule has 0 aliphatic heterocycles. The lowest BCUT2D eigenvalue weighted by Gasteiger charge is -2.47. The van der Waals surface area contributed by atoms with Crippen LogP contribution in [-0.2, 0) is 4.43 Å². The second-order valence-corrected chi connectivity index (χ2v) is 19.3. The number of benzene rings is 1. The van der Waals surface area contributed by atoms with E-state index >= 15 is 0 Å². The molecular weight excluding hydrogens is 342 g/mol. The first-order valence-electron chi connectivity index (χ1n) is 9.08. The molecule has 0 saturated heterocycles. The molecule has 1 aromatic carbocycles. The molecule has 0 heterocycles. The molecule has 0 aliphatic rings. The van der Waals surface area contributed by atoms with E-state index < -0.39 is 26.1 Å². The summed E-state index contributed by atoms with van der Waals surface area (Å²) in [7, 11) is -4.06. The van der Waals surface area contributed by atoms with Crippen LogP contribution in [0.4, 0.5) is 0 Å². The van der Waals surface area contributed by atoms with E-state index in [-0.39, 0.29) is 10.9 Å². The average molecular weight is 380 g/mol. The minimum atomic E-state index is -1.80. The zero-order valence-corrected chi connectivity index (χ0v) is 20.4. The van der Waals surface area contributed by atoms with E-state index in [4.69, 9.17) is 4.43 Å². The fourth-order valence-corrected chi connectivity index (χ4v) is 11.2. The first kappa shape index (κ1) is 21.6. The summed E-state index contributed by atoms with van der Waals surface area (Å²) in [4.78, 5) is 0. The summed E-state index contributed by atoms with van der Waals surface area (Å²) in [5, 5.41) is 1.72. The molecule has 1 unspecified atom stereocenters. The van der Waals surface area contributed by atoms with Crippen molar-refractivity contribution in [3.63, 3.8) is 0 Å². The molecule has 0 amide bonds. The Bertz CT molecular complexity index is 523. The van der Waals surface area contributed by atoms with Gasteiger partial charge < -0.3 is 8.99 Å². The van der Waals surface area contributed by atoms with Gasteiger partial charge in [0, 0.05) is 0 Å². The van der Waals surface area contributed by atoms with Gasteiger partial charge in [0.25, 0.3) is 0 Å². The van der Waals surface area contributed by atoms with E-state index in [0.29, 0.717) is 0 Å². The van der Waals surface area contributed by atoms with Crippen molar-refractivity contribution < 1.29 is 4.43 Å². The third-order valence-electron chi connectivity index (χ3n) is 5.49. The molecule has 0 saturated carbocycles. The van der Waals surface area contributed by atoms with E-state index in [9.17, 15) is 0 Å². The Kier molecular flexibility index (Phi) is 7.44. The van der Waals surface area contributed by atoms with Gasteiger partial charge in [0.05, 0.1) is 15.4 Å². The Morgan fingerprint density at radius 3 is 2.12 bits per heavy atom. The van der Waals surface area contributed by atoms with E-state index in [1.807, 2.05) is 0 Å². The molecule has 1 atom stereocenters. The Morgan fingerprint density at radius 1 is 1.17 bits per heavy atom. The lowest BCUT2D eigenvalue weighted by Crippen LogP contribution is -2.65. The highest BCUT2D eigenvalue weighted by Gasteiger charge is 2.43. The van der Waals surface area contributed by atoms with Crippen molar-refractivity contribution in [2.24, 2.45) is 0 Å². The Morgan fingerprint density at radius 2 is 1.71 bits per heavy atom. The molecule has 2 nitrogen and oxygen atoms in total. The van der Waals surface area contributed by atoms with Crippen LogP contribution in [0.3, 0.4) is 0 Å². The fourth-order valence-electron chi connectivity index (χ4n) is 2.87. The first-order chi connectivity index (χ1) is 11.0. The molecule has 0 fully saturated rings. The number of rotatable bonds is 8. The Hall–Kier alpha value is -0.469. The summed E-state index contributed by atoms with van der Waals surface area (Å²) in [6.07, 6.45) is 0. The summed E-state index contributed by atoms with van der Waals surface area (Å²) < 4.78 is 9.57. The van der Waals surface area contributed by atoms with Crippen LogP contribution in [0.1, 0.15) is 27.7 Å². The predicted octanol–water partition coefficient (Wildman–Crippen LogP) is 4.04. The predicted molar refractivity (Wildman–Crippen MR) is 117 cm³/mol. The average Bonchev–Trinajstić information content (AvgIpc) is 2.47. The van der Waals surface area contributed by atoms with Gasteiger partial charge in [0.15, 0.2) is 16.6 Å². The second kappa shape index (κ2) is 8.27. The monoisotopic (exact) mass is 379 g/mol. The minimum Gasteiger partial charge on any atom is -0.406 e. The third kappa shape index (κ3) is 5.02. The Labute approximate surface area is 154 Å². The van der Waals surface area contributed by atoms with Gasteiger partial charge in [-0.05, 0) is 29.9 Å². The summed E-state index contributed by atoms with van der Waals surface area (Å²) in [6.45, 7) is 24.0. The topological polar surface area (TPSA) is 12.5 Å². The maximum Gasteiger partial charge on any atom is 0.193 e. The Balaban J connectivity index is 3.18. The van der Waals surface area contributed by atoms with Crippen molar-refractivity contribution in [1.82, 2.24) is 4.57 Å². The quantitative estimate of drug-likeness (QED) is 0.499. The molecule has 1 rings (SSSR count). The second-order valence-electron chi connectivity index (χ2n) is 8.57. The lowest BCUT2D eigenvalue weighted by atomic mass is 10.2. The highest BCUT2D eigenvalue weighted by Crippen LogP contribution is 2.38. The highest BCUT2D eigenvalue weighted by atomic mass is 28.4. The maximum atomic E-state index is 6.89. The van der Waals surface area contributed by atoms with Crippen LogP contribution in [0.5, 0.6) is 0 Å². The van der Waals surface area contributed by atoms with Crippen molar-refractivity contribution in [3.8, 4) is 0 Å². The van der Waals surface area contributed by atoms with Crippen molar-refractivity contribution in [2.45, 2.75) is 64.8 Å². The van der Waals surface area contributed by atoms with Crippen molar-refractivity contribution in [1.29, 1.82) is 0 Å². The largest absolute Gasteiger partial charge is 0.406 e. The van der Waals surface area contributed by atoms with E-state index in [1.54, 1.807) is 0 Å². The van der Waals surface area contributed by atoms with Crippen molar-refractivity contribution in [2.75, 3.05) is 6.54 Å². The fraction of sp³-hybridized carbons (Fsp3) is 0.579. The van der Waals surface area contributed by atoms with Crippen molar-refractivity contribution in [3.05, 3.63) is 42.6 Å². The molecule has 0 radical (unpaired) electrons. The van der Waals surface area contributed by atoms with Crippen LogP contribution in [0.25, 0.3) is 0 Å². The van der Waals surface area contributed by atoms with Crippen LogP contribution in [-0.4, -0.2) is 43.0 Å². The molecule has 24 heavy (non-hydrogen) atoms. The third-order valence-corrected chi connectivity index (χ3v) is 15.8. The van der Waals surface area contributed by atoms with Gasteiger partial charge >= 0.3 is 0 Å². The molecule has 0 aromatic heterocycles. The van der Waals surface area contributed by atoms with Crippen LogP contribution >= 0.6 is 0 Å². The van der Waals surface area contributed by atoms with E-state index in [2.05, 4.69) is 101 Å². The van der Waals surface area contributed by atoms with Gasteiger partial charge in [0.1, 0.15) is 0 Å². The molecule has 1 aromatic rings. The van der Waals surface area contributed by atoms with Crippen LogP contribution in [0.15, 0.2) is 42.6 Å². The van der Waals surface area contributed by atoms with E-state index in [0.717, 1.165) is 6.54 Å². The number of nitrogens with zero attached hydrogens (tertiary/aromatic N) is 1. The zero-order chi connectivity index (χ0) is 18.6. The molecular formula is C19H37NOSi3. The zero-order valence-electron chi connectivity index (χ0n) is 17.0. The van der Waals surface area contributed by atoms with Gasteiger partial charge in [-0.25, -0.2) is 0 Å². The van der Waals surface area contributed by atoms with Crippen LogP contribution in [0, 0.1) is 0 Å².